The number of anilines is 1. The van der Waals surface area contributed by atoms with Crippen molar-refractivity contribution in [2.45, 2.75) is 40.5 Å². The molecule has 0 spiro atoms. The molecule has 1 heterocycles. The third-order valence-electron chi connectivity index (χ3n) is 3.60. The Morgan fingerprint density at radius 2 is 1.95 bits per heavy atom. The van der Waals surface area contributed by atoms with E-state index in [0.29, 0.717) is 16.3 Å². The smallest absolute Gasteiger partial charge is 0.259 e. The van der Waals surface area contributed by atoms with E-state index in [1.165, 1.54) is 0 Å². The van der Waals surface area contributed by atoms with Gasteiger partial charge in [0.05, 0.1) is 5.56 Å². The van der Waals surface area contributed by atoms with Gasteiger partial charge in [0, 0.05) is 10.7 Å². The van der Waals surface area contributed by atoms with Crippen molar-refractivity contribution in [2.24, 2.45) is 0 Å². The van der Waals surface area contributed by atoms with Crippen LogP contribution in [0.3, 0.4) is 0 Å². The first-order valence-electron chi connectivity index (χ1n) is 7.16. The van der Waals surface area contributed by atoms with Crippen LogP contribution in [0.15, 0.2) is 22.6 Å². The zero-order chi connectivity index (χ0) is 15.6. The molecule has 112 valence electrons. The Hall–Kier alpha value is -1.74. The maximum absolute atomic E-state index is 12.5. The highest BCUT2D eigenvalue weighted by atomic mass is 35.5. The van der Waals surface area contributed by atoms with Crippen LogP contribution >= 0.6 is 11.6 Å². The summed E-state index contributed by atoms with van der Waals surface area (Å²) in [6, 6.07) is 5.61. The number of nitrogens with one attached hydrogen (secondary N) is 1. The number of aryl methyl sites for hydroxylation is 3. The number of amides is 1. The number of halogens is 1. The Balaban J connectivity index is 2.41. The second kappa shape index (κ2) is 6.35. The number of furan rings is 1. The molecular formula is C17H20ClNO2. The van der Waals surface area contributed by atoms with Crippen LogP contribution in [0, 0.1) is 13.8 Å². The molecule has 3 nitrogen and oxygen atoms in total. The Labute approximate surface area is 130 Å². The first kappa shape index (κ1) is 15.6. The minimum Gasteiger partial charge on any atom is -0.466 e. The van der Waals surface area contributed by atoms with Gasteiger partial charge in [-0.2, -0.15) is 0 Å². The first-order valence-corrected chi connectivity index (χ1v) is 7.54. The van der Waals surface area contributed by atoms with Gasteiger partial charge in [0.25, 0.3) is 5.91 Å². The predicted molar refractivity (Wildman–Crippen MR) is 86.3 cm³/mol. The highest BCUT2D eigenvalue weighted by Crippen LogP contribution is 2.30. The third kappa shape index (κ3) is 3.13. The summed E-state index contributed by atoms with van der Waals surface area (Å²) in [5.41, 5.74) is 3.46. The Kier molecular flexibility index (Phi) is 4.73. The lowest BCUT2D eigenvalue weighted by Crippen LogP contribution is -2.15. The molecule has 0 atom stereocenters. The lowest BCUT2D eigenvalue weighted by molar-refractivity contribution is 0.102. The predicted octanol–water partition coefficient (Wildman–Crippen LogP) is 4.93. The number of rotatable bonds is 4. The quantitative estimate of drug-likeness (QED) is 0.870. The van der Waals surface area contributed by atoms with E-state index in [2.05, 4.69) is 12.2 Å². The van der Waals surface area contributed by atoms with E-state index in [0.717, 1.165) is 35.4 Å². The molecule has 0 saturated heterocycles. The Bertz CT molecular complexity index is 674. The highest BCUT2D eigenvalue weighted by Gasteiger charge is 2.17. The van der Waals surface area contributed by atoms with Crippen molar-refractivity contribution in [3.8, 4) is 0 Å². The van der Waals surface area contributed by atoms with Gasteiger partial charge in [0.2, 0.25) is 0 Å². The minimum absolute atomic E-state index is 0.156. The van der Waals surface area contributed by atoms with Crippen LogP contribution in [-0.4, -0.2) is 5.91 Å². The normalized spacial score (nSPS) is 10.7. The van der Waals surface area contributed by atoms with Gasteiger partial charge in [-0.15, -0.1) is 0 Å². The average molecular weight is 306 g/mol. The van der Waals surface area contributed by atoms with Crippen molar-refractivity contribution in [1.82, 2.24) is 0 Å². The molecule has 1 amide bonds. The molecule has 1 aromatic carbocycles. The molecular weight excluding hydrogens is 286 g/mol. The lowest BCUT2D eigenvalue weighted by atomic mass is 10.0. The van der Waals surface area contributed by atoms with Crippen molar-refractivity contribution < 1.29 is 9.21 Å². The van der Waals surface area contributed by atoms with Crippen LogP contribution in [0.5, 0.6) is 0 Å². The molecule has 1 N–H and O–H groups in total. The molecule has 0 radical (unpaired) electrons. The number of carbonyl (C=O) groups is 1. The zero-order valence-corrected chi connectivity index (χ0v) is 13.6. The van der Waals surface area contributed by atoms with E-state index in [1.54, 1.807) is 13.0 Å². The van der Waals surface area contributed by atoms with Crippen LogP contribution in [0.1, 0.15) is 46.9 Å². The molecule has 2 aromatic rings. The molecule has 0 aliphatic rings. The monoisotopic (exact) mass is 305 g/mol. The number of hydrogen-bond donors (Lipinski definition) is 1. The summed E-state index contributed by atoms with van der Waals surface area (Å²) in [5.74, 6) is 1.20. The fourth-order valence-electron chi connectivity index (χ4n) is 2.50. The Morgan fingerprint density at radius 3 is 2.48 bits per heavy atom. The fraction of sp³-hybridized carbons (Fsp3) is 0.353. The molecule has 0 aliphatic carbocycles. The van der Waals surface area contributed by atoms with Gasteiger partial charge in [-0.05, 0) is 49.9 Å². The van der Waals surface area contributed by atoms with Crippen LogP contribution in [-0.2, 0) is 12.8 Å². The van der Waals surface area contributed by atoms with Crippen LogP contribution < -0.4 is 5.32 Å². The first-order chi connectivity index (χ1) is 9.97. The molecule has 0 bridgehead atoms. The van der Waals surface area contributed by atoms with Gasteiger partial charge in [-0.25, -0.2) is 0 Å². The standard InChI is InChI=1S/C17H20ClNO2/c1-5-12-7-8-15(18)13(6-2)16(12)19-17(20)14-9-10(3)21-11(14)4/h7-9H,5-6H2,1-4H3,(H,19,20). The minimum atomic E-state index is -0.156. The molecule has 4 heteroatoms. The second-order valence-electron chi connectivity index (χ2n) is 5.05. The summed E-state index contributed by atoms with van der Waals surface area (Å²) in [6.07, 6.45) is 1.61. The van der Waals surface area contributed by atoms with Gasteiger partial charge in [0.15, 0.2) is 0 Å². The average Bonchev–Trinajstić information content (AvgIpc) is 2.78. The molecule has 21 heavy (non-hydrogen) atoms. The maximum Gasteiger partial charge on any atom is 0.259 e. The second-order valence-corrected chi connectivity index (χ2v) is 5.46. The largest absolute Gasteiger partial charge is 0.466 e. The molecule has 0 unspecified atom stereocenters. The molecule has 1 aromatic heterocycles. The highest BCUT2D eigenvalue weighted by molar-refractivity contribution is 6.32. The summed E-state index contributed by atoms with van der Waals surface area (Å²) >= 11 is 6.25. The molecule has 0 saturated carbocycles. The third-order valence-corrected chi connectivity index (χ3v) is 3.95. The fourth-order valence-corrected chi connectivity index (χ4v) is 2.80. The van der Waals surface area contributed by atoms with Gasteiger partial charge >= 0.3 is 0 Å². The maximum atomic E-state index is 12.5. The summed E-state index contributed by atoms with van der Waals surface area (Å²) in [6.45, 7) is 7.72. The molecule has 0 fully saturated rings. The number of benzene rings is 1. The van der Waals surface area contributed by atoms with E-state index in [1.807, 2.05) is 26.0 Å². The molecule has 2 rings (SSSR count). The summed E-state index contributed by atoms with van der Waals surface area (Å²) in [5, 5.41) is 3.69. The summed E-state index contributed by atoms with van der Waals surface area (Å²) in [7, 11) is 0. The van der Waals surface area contributed by atoms with Gasteiger partial charge < -0.3 is 9.73 Å². The van der Waals surface area contributed by atoms with Crippen LogP contribution in [0.4, 0.5) is 5.69 Å². The number of carbonyl (C=O) groups excluding carboxylic acids is 1. The van der Waals surface area contributed by atoms with Gasteiger partial charge in [-0.3, -0.25) is 4.79 Å². The topological polar surface area (TPSA) is 42.2 Å². The van der Waals surface area contributed by atoms with Crippen molar-refractivity contribution >= 4 is 23.2 Å². The van der Waals surface area contributed by atoms with E-state index in [4.69, 9.17) is 16.0 Å². The van der Waals surface area contributed by atoms with Crippen molar-refractivity contribution in [2.75, 3.05) is 5.32 Å². The summed E-state index contributed by atoms with van der Waals surface area (Å²) in [4.78, 5) is 12.5. The van der Waals surface area contributed by atoms with Gasteiger partial charge in [-0.1, -0.05) is 31.5 Å². The van der Waals surface area contributed by atoms with Crippen LogP contribution in [0.2, 0.25) is 5.02 Å². The lowest BCUT2D eigenvalue weighted by Gasteiger charge is -2.15. The van der Waals surface area contributed by atoms with E-state index in [9.17, 15) is 4.79 Å². The Morgan fingerprint density at radius 1 is 1.24 bits per heavy atom. The van der Waals surface area contributed by atoms with E-state index >= 15 is 0 Å². The van der Waals surface area contributed by atoms with Crippen molar-refractivity contribution in [1.29, 1.82) is 0 Å². The zero-order valence-electron chi connectivity index (χ0n) is 12.8. The van der Waals surface area contributed by atoms with Crippen molar-refractivity contribution in [3.63, 3.8) is 0 Å². The number of hydrogen-bond acceptors (Lipinski definition) is 2. The van der Waals surface area contributed by atoms with E-state index in [-0.39, 0.29) is 5.91 Å². The van der Waals surface area contributed by atoms with Gasteiger partial charge in [0.1, 0.15) is 11.5 Å². The summed E-state index contributed by atoms with van der Waals surface area (Å²) < 4.78 is 5.42. The molecule has 0 aliphatic heterocycles. The van der Waals surface area contributed by atoms with Crippen molar-refractivity contribution in [3.05, 3.63) is 51.4 Å². The van der Waals surface area contributed by atoms with E-state index < -0.39 is 0 Å². The SMILES string of the molecule is CCc1ccc(Cl)c(CC)c1NC(=O)c1cc(C)oc1C. The van der Waals surface area contributed by atoms with Crippen LogP contribution in [0.25, 0.3) is 0 Å².